The first-order valence-electron chi connectivity index (χ1n) is 7.17. The van der Waals surface area contributed by atoms with Crippen molar-refractivity contribution in [1.29, 1.82) is 0 Å². The first kappa shape index (κ1) is 13.8. The standard InChI is InChI=1S/C14H19N5O2/c1-9(2)19(10-4-5-10)12(20)7-18-8-15-13-11(14(18)21)6-16-17(13)3/h6,8-10H,4-5,7H2,1-3H3. The maximum atomic E-state index is 12.4. The highest BCUT2D eigenvalue weighted by Crippen LogP contribution is 2.28. The van der Waals surface area contributed by atoms with E-state index in [2.05, 4.69) is 10.1 Å². The fourth-order valence-electron chi connectivity index (χ4n) is 2.67. The van der Waals surface area contributed by atoms with Crippen molar-refractivity contribution < 1.29 is 4.79 Å². The van der Waals surface area contributed by atoms with Gasteiger partial charge >= 0.3 is 0 Å². The van der Waals surface area contributed by atoms with Crippen LogP contribution in [0.4, 0.5) is 0 Å². The van der Waals surface area contributed by atoms with E-state index in [-0.39, 0.29) is 24.1 Å². The lowest BCUT2D eigenvalue weighted by Gasteiger charge is -2.26. The zero-order valence-electron chi connectivity index (χ0n) is 12.5. The summed E-state index contributed by atoms with van der Waals surface area (Å²) in [4.78, 5) is 30.9. The SMILES string of the molecule is CC(C)N(C(=O)Cn1cnc2c(cnn2C)c1=O)C1CC1. The predicted octanol–water partition coefficient (Wildman–Crippen LogP) is 0.529. The van der Waals surface area contributed by atoms with Gasteiger partial charge in [0.2, 0.25) is 5.91 Å². The number of hydrogen-bond acceptors (Lipinski definition) is 4. The summed E-state index contributed by atoms with van der Waals surface area (Å²) in [5.41, 5.74) is 0.313. The molecular formula is C14H19N5O2. The summed E-state index contributed by atoms with van der Waals surface area (Å²) in [5, 5.41) is 4.46. The summed E-state index contributed by atoms with van der Waals surface area (Å²) in [6.07, 6.45) is 5.03. The Labute approximate surface area is 122 Å². The van der Waals surface area contributed by atoms with Gasteiger partial charge in [0.25, 0.3) is 5.56 Å². The van der Waals surface area contributed by atoms with Crippen molar-refractivity contribution in [3.05, 3.63) is 22.9 Å². The van der Waals surface area contributed by atoms with Crippen molar-refractivity contribution in [2.45, 2.75) is 45.3 Å². The molecule has 0 atom stereocenters. The minimum Gasteiger partial charge on any atom is -0.336 e. The zero-order valence-corrected chi connectivity index (χ0v) is 12.5. The Hall–Kier alpha value is -2.18. The highest BCUT2D eigenvalue weighted by Gasteiger charge is 2.34. The zero-order chi connectivity index (χ0) is 15.1. The van der Waals surface area contributed by atoms with Crippen molar-refractivity contribution in [2.75, 3.05) is 0 Å². The number of fused-ring (bicyclic) bond motifs is 1. The summed E-state index contributed by atoms with van der Waals surface area (Å²) >= 11 is 0. The first-order valence-corrected chi connectivity index (χ1v) is 7.17. The molecule has 7 heteroatoms. The lowest BCUT2D eigenvalue weighted by Crippen LogP contribution is -2.42. The molecule has 0 aromatic carbocycles. The lowest BCUT2D eigenvalue weighted by molar-refractivity contribution is -0.134. The van der Waals surface area contributed by atoms with Gasteiger partial charge in [0, 0.05) is 19.1 Å². The molecule has 0 bridgehead atoms. The summed E-state index contributed by atoms with van der Waals surface area (Å²) in [6, 6.07) is 0.485. The highest BCUT2D eigenvalue weighted by molar-refractivity contribution is 5.78. The van der Waals surface area contributed by atoms with E-state index in [1.807, 2.05) is 18.7 Å². The monoisotopic (exact) mass is 289 g/mol. The fourth-order valence-corrected chi connectivity index (χ4v) is 2.67. The molecule has 0 radical (unpaired) electrons. The van der Waals surface area contributed by atoms with Crippen LogP contribution in [-0.4, -0.2) is 42.2 Å². The second-order valence-electron chi connectivity index (χ2n) is 5.81. The second kappa shape index (κ2) is 4.98. The molecule has 0 spiro atoms. The lowest BCUT2D eigenvalue weighted by atomic mass is 10.3. The van der Waals surface area contributed by atoms with Crippen molar-refractivity contribution >= 4 is 16.9 Å². The molecule has 2 aromatic heterocycles. The summed E-state index contributed by atoms with van der Waals surface area (Å²) < 4.78 is 2.91. The van der Waals surface area contributed by atoms with E-state index in [0.29, 0.717) is 17.1 Å². The maximum absolute atomic E-state index is 12.4. The quantitative estimate of drug-likeness (QED) is 0.823. The molecule has 3 rings (SSSR count). The average molecular weight is 289 g/mol. The van der Waals surface area contributed by atoms with E-state index in [9.17, 15) is 9.59 Å². The van der Waals surface area contributed by atoms with Crippen LogP contribution in [0.15, 0.2) is 17.3 Å². The minimum atomic E-state index is -0.221. The van der Waals surface area contributed by atoms with E-state index in [1.165, 1.54) is 17.1 Å². The van der Waals surface area contributed by atoms with Crippen LogP contribution >= 0.6 is 0 Å². The Morgan fingerprint density at radius 2 is 2.19 bits per heavy atom. The highest BCUT2D eigenvalue weighted by atomic mass is 16.2. The van der Waals surface area contributed by atoms with Gasteiger partial charge in [0.15, 0.2) is 5.65 Å². The van der Waals surface area contributed by atoms with Crippen LogP contribution in [0.2, 0.25) is 0 Å². The molecule has 1 amide bonds. The smallest absolute Gasteiger partial charge is 0.264 e. The van der Waals surface area contributed by atoms with Crippen LogP contribution in [0.5, 0.6) is 0 Å². The molecule has 7 nitrogen and oxygen atoms in total. The second-order valence-corrected chi connectivity index (χ2v) is 5.81. The van der Waals surface area contributed by atoms with Crippen LogP contribution in [0.25, 0.3) is 11.0 Å². The van der Waals surface area contributed by atoms with Gasteiger partial charge < -0.3 is 4.90 Å². The Morgan fingerprint density at radius 1 is 1.48 bits per heavy atom. The third-order valence-corrected chi connectivity index (χ3v) is 3.81. The Morgan fingerprint density at radius 3 is 2.81 bits per heavy atom. The van der Waals surface area contributed by atoms with Gasteiger partial charge in [-0.1, -0.05) is 0 Å². The van der Waals surface area contributed by atoms with E-state index < -0.39 is 0 Å². The van der Waals surface area contributed by atoms with E-state index in [4.69, 9.17) is 0 Å². The molecule has 1 fully saturated rings. The molecule has 0 aliphatic heterocycles. The van der Waals surface area contributed by atoms with E-state index in [0.717, 1.165) is 12.8 Å². The Kier molecular flexibility index (Phi) is 3.27. The van der Waals surface area contributed by atoms with Crippen molar-refractivity contribution in [3.8, 4) is 0 Å². The van der Waals surface area contributed by atoms with Gasteiger partial charge in [-0.3, -0.25) is 18.8 Å². The molecule has 21 heavy (non-hydrogen) atoms. The Balaban J connectivity index is 1.89. The van der Waals surface area contributed by atoms with Gasteiger partial charge in [-0.05, 0) is 26.7 Å². The first-order chi connectivity index (χ1) is 9.99. The maximum Gasteiger partial charge on any atom is 0.264 e. The summed E-state index contributed by atoms with van der Waals surface area (Å²) in [6.45, 7) is 4.04. The number of carbonyl (C=O) groups excluding carboxylic acids is 1. The van der Waals surface area contributed by atoms with E-state index >= 15 is 0 Å². The number of carbonyl (C=O) groups is 1. The van der Waals surface area contributed by atoms with Crippen molar-refractivity contribution in [1.82, 2.24) is 24.2 Å². The summed E-state index contributed by atoms with van der Waals surface area (Å²) in [5.74, 6) is -0.0281. The number of amides is 1. The molecule has 2 aromatic rings. The van der Waals surface area contributed by atoms with Gasteiger partial charge in [0.1, 0.15) is 18.3 Å². The number of rotatable bonds is 4. The third kappa shape index (κ3) is 2.43. The van der Waals surface area contributed by atoms with Crippen molar-refractivity contribution in [3.63, 3.8) is 0 Å². The molecule has 1 saturated carbocycles. The largest absolute Gasteiger partial charge is 0.336 e. The minimum absolute atomic E-state index is 0.0281. The number of aryl methyl sites for hydroxylation is 1. The number of aromatic nitrogens is 4. The third-order valence-electron chi connectivity index (χ3n) is 3.81. The van der Waals surface area contributed by atoms with E-state index in [1.54, 1.807) is 11.7 Å². The topological polar surface area (TPSA) is 73.0 Å². The van der Waals surface area contributed by atoms with Gasteiger partial charge in [-0.2, -0.15) is 5.10 Å². The van der Waals surface area contributed by atoms with Crippen LogP contribution in [0.3, 0.4) is 0 Å². The van der Waals surface area contributed by atoms with Crippen LogP contribution in [0, 0.1) is 0 Å². The molecule has 0 unspecified atom stereocenters. The average Bonchev–Trinajstić information content (AvgIpc) is 3.16. The molecule has 0 N–H and O–H groups in total. The number of nitrogens with zero attached hydrogens (tertiary/aromatic N) is 5. The van der Waals surface area contributed by atoms with Gasteiger partial charge in [-0.25, -0.2) is 4.98 Å². The molecule has 112 valence electrons. The van der Waals surface area contributed by atoms with Gasteiger partial charge in [0.05, 0.1) is 6.20 Å². The molecule has 1 aliphatic carbocycles. The molecule has 2 heterocycles. The van der Waals surface area contributed by atoms with Crippen LogP contribution in [0.1, 0.15) is 26.7 Å². The number of hydrogen-bond donors (Lipinski definition) is 0. The summed E-state index contributed by atoms with van der Waals surface area (Å²) in [7, 11) is 1.73. The Bertz CT molecular complexity index is 739. The molecule has 1 aliphatic rings. The normalized spacial score (nSPS) is 14.9. The molecule has 0 saturated heterocycles. The van der Waals surface area contributed by atoms with Gasteiger partial charge in [-0.15, -0.1) is 0 Å². The van der Waals surface area contributed by atoms with Crippen LogP contribution in [-0.2, 0) is 18.4 Å². The van der Waals surface area contributed by atoms with Crippen molar-refractivity contribution in [2.24, 2.45) is 7.05 Å². The van der Waals surface area contributed by atoms with Crippen LogP contribution < -0.4 is 5.56 Å². The predicted molar refractivity (Wildman–Crippen MR) is 77.8 cm³/mol. The fraction of sp³-hybridized carbons (Fsp3) is 0.571. The molecular weight excluding hydrogens is 270 g/mol.